The molecule has 5 heteroatoms. The fourth-order valence-electron chi connectivity index (χ4n) is 6.17. The van der Waals surface area contributed by atoms with Crippen LogP contribution in [0.4, 0.5) is 0 Å². The highest BCUT2D eigenvalue weighted by molar-refractivity contribution is 7.26. The monoisotopic (exact) mass is 597 g/mol. The lowest BCUT2D eigenvalue weighted by Crippen LogP contribution is -2.00. The van der Waals surface area contributed by atoms with E-state index in [2.05, 4.69) is 121 Å². The number of hydrogen-bond donors (Lipinski definition) is 0. The molecule has 9 aromatic rings. The summed E-state index contributed by atoms with van der Waals surface area (Å²) in [5.74, 6) is 2.04. The lowest BCUT2D eigenvalue weighted by Gasteiger charge is -2.11. The molecule has 44 heavy (non-hydrogen) atoms. The fourth-order valence-corrected chi connectivity index (χ4v) is 8.54. The van der Waals surface area contributed by atoms with Gasteiger partial charge in [0, 0.05) is 57.0 Å². The maximum atomic E-state index is 5.25. The Morgan fingerprint density at radius 3 is 1.64 bits per heavy atom. The van der Waals surface area contributed by atoms with Crippen molar-refractivity contribution in [3.05, 3.63) is 140 Å². The molecule has 3 aromatic heterocycles. The molecule has 0 aliphatic carbocycles. The molecule has 0 radical (unpaired) electrons. The molecule has 9 rings (SSSR count). The van der Waals surface area contributed by atoms with Crippen molar-refractivity contribution >= 4 is 63.0 Å². The number of aromatic nitrogens is 3. The quantitative estimate of drug-likeness (QED) is 0.203. The second-order valence-corrected chi connectivity index (χ2v) is 12.9. The third-order valence-electron chi connectivity index (χ3n) is 8.16. The van der Waals surface area contributed by atoms with Gasteiger partial charge in [0.05, 0.1) is 0 Å². The summed E-state index contributed by atoms with van der Waals surface area (Å²) in [7, 11) is 0. The average molecular weight is 598 g/mol. The highest BCUT2D eigenvalue weighted by Gasteiger charge is 2.20. The van der Waals surface area contributed by atoms with Gasteiger partial charge in [-0.15, -0.1) is 22.7 Å². The molecule has 0 N–H and O–H groups in total. The molecule has 0 saturated carbocycles. The van der Waals surface area contributed by atoms with E-state index in [4.69, 9.17) is 15.0 Å². The summed E-state index contributed by atoms with van der Waals surface area (Å²) >= 11 is 3.61. The van der Waals surface area contributed by atoms with E-state index >= 15 is 0 Å². The van der Waals surface area contributed by atoms with E-state index in [0.717, 1.165) is 16.7 Å². The third kappa shape index (κ3) is 4.05. The first-order valence-corrected chi connectivity index (χ1v) is 16.2. The van der Waals surface area contributed by atoms with E-state index in [9.17, 15) is 0 Å². The molecule has 0 amide bonds. The summed E-state index contributed by atoms with van der Waals surface area (Å²) in [4.78, 5) is 15.5. The van der Waals surface area contributed by atoms with E-state index in [-0.39, 0.29) is 0 Å². The summed E-state index contributed by atoms with van der Waals surface area (Å²) < 4.78 is 4.92. The van der Waals surface area contributed by atoms with Gasteiger partial charge in [-0.3, -0.25) is 0 Å². The zero-order valence-corrected chi connectivity index (χ0v) is 25.1. The summed E-state index contributed by atoms with van der Waals surface area (Å²) in [6, 6.07) is 48.9. The van der Waals surface area contributed by atoms with Gasteiger partial charge in [-0.25, -0.2) is 15.0 Å². The lowest BCUT2D eigenvalue weighted by molar-refractivity contribution is 1.08. The van der Waals surface area contributed by atoms with Crippen molar-refractivity contribution in [1.29, 1.82) is 0 Å². The van der Waals surface area contributed by atoms with Gasteiger partial charge < -0.3 is 0 Å². The molecular weight excluding hydrogens is 575 g/mol. The van der Waals surface area contributed by atoms with Crippen LogP contribution in [0.15, 0.2) is 140 Å². The van der Waals surface area contributed by atoms with Crippen LogP contribution in [0.5, 0.6) is 0 Å². The van der Waals surface area contributed by atoms with Crippen LogP contribution in [0.2, 0.25) is 0 Å². The molecular formula is C39H23N3S2. The van der Waals surface area contributed by atoms with Crippen molar-refractivity contribution in [2.75, 3.05) is 0 Å². The number of benzene rings is 6. The molecule has 3 heterocycles. The number of fused-ring (bicyclic) bond motifs is 6. The Kier molecular flexibility index (Phi) is 5.86. The largest absolute Gasteiger partial charge is 0.208 e. The molecule has 0 spiro atoms. The minimum atomic E-state index is 0.670. The van der Waals surface area contributed by atoms with Crippen molar-refractivity contribution < 1.29 is 0 Å². The zero-order chi connectivity index (χ0) is 29.0. The van der Waals surface area contributed by atoms with Crippen molar-refractivity contribution in [3.63, 3.8) is 0 Å². The van der Waals surface area contributed by atoms with Crippen LogP contribution in [0.3, 0.4) is 0 Å². The molecule has 3 nitrogen and oxygen atoms in total. The lowest BCUT2D eigenvalue weighted by atomic mass is 9.97. The van der Waals surface area contributed by atoms with Crippen molar-refractivity contribution in [3.8, 4) is 45.3 Å². The Labute approximate surface area is 261 Å². The maximum absolute atomic E-state index is 5.25. The predicted octanol–water partition coefficient (Wildman–Crippen LogP) is 11.3. The van der Waals surface area contributed by atoms with Crippen LogP contribution in [0.1, 0.15) is 0 Å². The van der Waals surface area contributed by atoms with E-state index in [1.165, 1.54) is 51.5 Å². The SMILES string of the molecule is c1ccc(-c2nc(-c3cccc4c3sc3ccccc34)nc(-c3cccc4sc5cccc(-c6ccccc6)c5c34)n2)cc1. The molecule has 0 aliphatic heterocycles. The van der Waals surface area contributed by atoms with Crippen molar-refractivity contribution in [2.24, 2.45) is 0 Å². The highest BCUT2D eigenvalue weighted by Crippen LogP contribution is 2.44. The first-order chi connectivity index (χ1) is 21.8. The first-order valence-electron chi connectivity index (χ1n) is 14.5. The number of hydrogen-bond acceptors (Lipinski definition) is 5. The van der Waals surface area contributed by atoms with Crippen molar-refractivity contribution in [1.82, 2.24) is 15.0 Å². The van der Waals surface area contributed by atoms with Gasteiger partial charge in [0.25, 0.3) is 0 Å². The van der Waals surface area contributed by atoms with E-state index in [0.29, 0.717) is 17.5 Å². The normalized spacial score (nSPS) is 11.6. The van der Waals surface area contributed by atoms with Crippen LogP contribution in [-0.2, 0) is 0 Å². The Hall–Kier alpha value is -5.23. The molecule has 0 bridgehead atoms. The highest BCUT2D eigenvalue weighted by atomic mass is 32.1. The fraction of sp³-hybridized carbons (Fsp3) is 0. The van der Waals surface area contributed by atoms with Crippen LogP contribution < -0.4 is 0 Å². The number of nitrogens with zero attached hydrogens (tertiary/aromatic N) is 3. The Morgan fingerprint density at radius 1 is 0.341 bits per heavy atom. The molecule has 206 valence electrons. The summed E-state index contributed by atoms with van der Waals surface area (Å²) in [5.41, 5.74) is 5.42. The molecule has 0 atom stereocenters. The second-order valence-electron chi connectivity index (χ2n) is 10.8. The Morgan fingerprint density at radius 2 is 0.864 bits per heavy atom. The number of thiophene rings is 2. The van der Waals surface area contributed by atoms with E-state index in [1.807, 2.05) is 29.5 Å². The Bertz CT molecular complexity index is 2500. The topological polar surface area (TPSA) is 38.7 Å². The molecule has 0 aliphatic rings. The van der Waals surface area contributed by atoms with Crippen LogP contribution >= 0.6 is 22.7 Å². The second kappa shape index (κ2) is 10.2. The zero-order valence-electron chi connectivity index (χ0n) is 23.4. The summed E-state index contributed by atoms with van der Waals surface area (Å²) in [6.45, 7) is 0. The molecule has 0 saturated heterocycles. The van der Waals surface area contributed by atoms with Crippen LogP contribution in [0.25, 0.3) is 85.6 Å². The summed E-state index contributed by atoms with van der Waals surface area (Å²) in [6.07, 6.45) is 0. The van der Waals surface area contributed by atoms with Crippen molar-refractivity contribution in [2.45, 2.75) is 0 Å². The van der Waals surface area contributed by atoms with E-state index < -0.39 is 0 Å². The van der Waals surface area contributed by atoms with Gasteiger partial charge in [0.2, 0.25) is 0 Å². The average Bonchev–Trinajstić information content (AvgIpc) is 3.67. The van der Waals surface area contributed by atoms with Gasteiger partial charge >= 0.3 is 0 Å². The third-order valence-corrected chi connectivity index (χ3v) is 10.5. The minimum Gasteiger partial charge on any atom is -0.208 e. The molecule has 6 aromatic carbocycles. The number of rotatable bonds is 4. The predicted molar refractivity (Wildman–Crippen MR) is 187 cm³/mol. The molecule has 0 fully saturated rings. The van der Waals surface area contributed by atoms with Gasteiger partial charge in [-0.05, 0) is 35.4 Å². The standard InChI is InChI=1S/C39H23N3S2/c1-3-12-24(13-4-1)26-17-10-22-32-34(26)35-29(19-11-23-33(35)43-32)38-40-37(25-14-5-2-6-15-25)41-39(42-38)30-20-9-18-28-27-16-7-8-21-31(27)44-36(28)30/h1-23H. The van der Waals surface area contributed by atoms with Crippen LogP contribution in [-0.4, -0.2) is 15.0 Å². The van der Waals surface area contributed by atoms with Gasteiger partial charge in [0.15, 0.2) is 17.5 Å². The smallest absolute Gasteiger partial charge is 0.165 e. The molecule has 0 unspecified atom stereocenters. The minimum absolute atomic E-state index is 0.670. The van der Waals surface area contributed by atoms with Gasteiger partial charge in [0.1, 0.15) is 0 Å². The van der Waals surface area contributed by atoms with Gasteiger partial charge in [-0.2, -0.15) is 0 Å². The van der Waals surface area contributed by atoms with E-state index in [1.54, 1.807) is 11.3 Å². The van der Waals surface area contributed by atoms with Crippen LogP contribution in [0, 0.1) is 0 Å². The maximum Gasteiger partial charge on any atom is 0.165 e. The van der Waals surface area contributed by atoms with Gasteiger partial charge in [-0.1, -0.05) is 115 Å². The summed E-state index contributed by atoms with van der Waals surface area (Å²) in [5, 5.41) is 4.91. The Balaban J connectivity index is 1.35. The first kappa shape index (κ1) is 25.3.